The van der Waals surface area contributed by atoms with Gasteiger partial charge in [-0.25, -0.2) is 9.37 Å². The number of nitrogens with two attached hydrogens (primary N) is 1. The Hall–Kier alpha value is -2.88. The van der Waals surface area contributed by atoms with Gasteiger partial charge in [-0.05, 0) is 19.1 Å². The number of rotatable bonds is 6. The van der Waals surface area contributed by atoms with E-state index in [9.17, 15) is 18.8 Å². The minimum Gasteiger partial charge on any atom is -0.465 e. The van der Waals surface area contributed by atoms with E-state index in [4.69, 9.17) is 10.5 Å². The highest BCUT2D eigenvalue weighted by atomic mass is 32.2. The summed E-state index contributed by atoms with van der Waals surface area (Å²) < 4.78 is 18.4. The van der Waals surface area contributed by atoms with Gasteiger partial charge >= 0.3 is 5.97 Å². The number of anilines is 2. The van der Waals surface area contributed by atoms with Crippen LogP contribution in [0.3, 0.4) is 0 Å². The smallest absolute Gasteiger partial charge is 0.316 e. The molecule has 0 unspecified atom stereocenters. The first-order chi connectivity index (χ1) is 11.9. The Kier molecular flexibility index (Phi) is 6.12. The van der Waals surface area contributed by atoms with E-state index in [0.29, 0.717) is 0 Å². The number of ether oxygens (including phenoxy) is 1. The molecule has 8 nitrogen and oxygen atoms in total. The molecule has 0 aliphatic heterocycles. The summed E-state index contributed by atoms with van der Waals surface area (Å²) in [5, 5.41) is 2.33. The summed E-state index contributed by atoms with van der Waals surface area (Å²) in [7, 11) is 0. The van der Waals surface area contributed by atoms with Crippen LogP contribution in [0.15, 0.2) is 34.2 Å². The van der Waals surface area contributed by atoms with Crippen LogP contribution in [0.25, 0.3) is 0 Å². The maximum Gasteiger partial charge on any atom is 0.316 e. The third-order valence-electron chi connectivity index (χ3n) is 2.91. The molecule has 4 N–H and O–H groups in total. The molecule has 0 saturated heterocycles. The number of hydrogen-bond acceptors (Lipinski definition) is 7. The van der Waals surface area contributed by atoms with Crippen molar-refractivity contribution in [2.45, 2.75) is 12.1 Å². The second kappa shape index (κ2) is 8.29. The highest BCUT2D eigenvalue weighted by molar-refractivity contribution is 7.99. The second-order valence-corrected chi connectivity index (χ2v) is 5.62. The fourth-order valence-electron chi connectivity index (χ4n) is 1.81. The minimum absolute atomic E-state index is 0.0584. The lowest BCUT2D eigenvalue weighted by atomic mass is 10.2. The molecule has 1 aromatic heterocycles. The van der Waals surface area contributed by atoms with Gasteiger partial charge in [-0.15, -0.1) is 0 Å². The normalized spacial score (nSPS) is 10.3. The molecule has 132 valence electrons. The molecule has 0 spiro atoms. The number of aromatic amines is 1. The highest BCUT2D eigenvalue weighted by Gasteiger charge is 2.16. The highest BCUT2D eigenvalue weighted by Crippen LogP contribution is 2.18. The van der Waals surface area contributed by atoms with Gasteiger partial charge in [0.1, 0.15) is 11.5 Å². The molecule has 1 heterocycles. The fraction of sp³-hybridized carbons (Fsp3) is 0.200. The quantitative estimate of drug-likeness (QED) is 0.400. The molecule has 0 saturated carbocycles. The number of aromatic nitrogens is 2. The Morgan fingerprint density at radius 3 is 2.76 bits per heavy atom. The zero-order valence-electron chi connectivity index (χ0n) is 13.2. The third kappa shape index (κ3) is 4.80. The zero-order chi connectivity index (χ0) is 18.4. The van der Waals surface area contributed by atoms with E-state index in [2.05, 4.69) is 15.3 Å². The van der Waals surface area contributed by atoms with Crippen molar-refractivity contribution in [3.05, 3.63) is 46.0 Å². The van der Waals surface area contributed by atoms with Gasteiger partial charge in [0, 0.05) is 0 Å². The van der Waals surface area contributed by atoms with Crippen LogP contribution in [0.4, 0.5) is 15.9 Å². The zero-order valence-corrected chi connectivity index (χ0v) is 14.0. The topological polar surface area (TPSA) is 127 Å². The van der Waals surface area contributed by atoms with E-state index in [1.165, 1.54) is 18.2 Å². The summed E-state index contributed by atoms with van der Waals surface area (Å²) in [5.41, 5.74) is 4.43. The average Bonchev–Trinajstić information content (AvgIpc) is 2.57. The first-order valence-corrected chi connectivity index (χ1v) is 8.15. The van der Waals surface area contributed by atoms with Gasteiger partial charge in [-0.3, -0.25) is 19.4 Å². The predicted molar refractivity (Wildman–Crippen MR) is 91.0 cm³/mol. The Labute approximate surface area is 146 Å². The third-order valence-corrected chi connectivity index (χ3v) is 3.76. The first kappa shape index (κ1) is 18.5. The number of amides is 1. The van der Waals surface area contributed by atoms with Gasteiger partial charge < -0.3 is 15.8 Å². The summed E-state index contributed by atoms with van der Waals surface area (Å²) in [6, 6.07) is 5.31. The molecule has 0 aliphatic rings. The van der Waals surface area contributed by atoms with E-state index < -0.39 is 23.3 Å². The van der Waals surface area contributed by atoms with Crippen molar-refractivity contribution in [1.29, 1.82) is 0 Å². The standard InChI is InChI=1S/C15H15FN4O4S/c1-2-24-10(21)7-25-15-19-12(17)11(14(23)20-15)18-13(22)8-5-3-4-6-9(8)16/h3-6H,2,7H2,1H3,(H,18,22)(H3,17,19,20,23). The number of nitrogens with zero attached hydrogens (tertiary/aromatic N) is 1. The van der Waals surface area contributed by atoms with Crippen molar-refractivity contribution in [1.82, 2.24) is 9.97 Å². The Bertz CT molecular complexity index is 856. The number of nitrogen functional groups attached to an aromatic ring is 1. The number of hydrogen-bond donors (Lipinski definition) is 3. The lowest BCUT2D eigenvalue weighted by Gasteiger charge is -2.08. The minimum atomic E-state index is -0.830. The molecule has 1 aromatic carbocycles. The Morgan fingerprint density at radius 2 is 2.12 bits per heavy atom. The summed E-state index contributed by atoms with van der Waals surface area (Å²) in [4.78, 5) is 41.7. The molecule has 25 heavy (non-hydrogen) atoms. The number of halogens is 1. The second-order valence-electron chi connectivity index (χ2n) is 4.66. The van der Waals surface area contributed by atoms with Crippen molar-refractivity contribution in [2.24, 2.45) is 0 Å². The predicted octanol–water partition coefficient (Wildman–Crippen LogP) is 1.40. The van der Waals surface area contributed by atoms with Crippen molar-refractivity contribution < 1.29 is 18.7 Å². The van der Waals surface area contributed by atoms with E-state index in [0.717, 1.165) is 17.8 Å². The van der Waals surface area contributed by atoms with Gasteiger partial charge in [0.15, 0.2) is 11.0 Å². The van der Waals surface area contributed by atoms with Gasteiger partial charge in [0.05, 0.1) is 17.9 Å². The van der Waals surface area contributed by atoms with Gasteiger partial charge in [0.2, 0.25) is 0 Å². The summed E-state index contributed by atoms with van der Waals surface area (Å²) in [6.07, 6.45) is 0. The Balaban J connectivity index is 2.15. The maximum absolute atomic E-state index is 13.6. The molecule has 1 amide bonds. The largest absolute Gasteiger partial charge is 0.465 e. The van der Waals surface area contributed by atoms with Crippen molar-refractivity contribution >= 4 is 35.1 Å². The molecule has 2 rings (SSSR count). The molecule has 0 fully saturated rings. The molecule has 0 bridgehead atoms. The molecule has 0 aliphatic carbocycles. The number of esters is 1. The molecule has 0 radical (unpaired) electrons. The first-order valence-electron chi connectivity index (χ1n) is 7.16. The van der Waals surface area contributed by atoms with E-state index in [1.807, 2.05) is 0 Å². The summed E-state index contributed by atoms with van der Waals surface area (Å²) in [6.45, 7) is 1.92. The fourth-order valence-corrected chi connectivity index (χ4v) is 2.48. The summed E-state index contributed by atoms with van der Waals surface area (Å²) >= 11 is 0.929. The van der Waals surface area contributed by atoms with E-state index >= 15 is 0 Å². The molecule has 2 aromatic rings. The van der Waals surface area contributed by atoms with Gasteiger partial charge in [0.25, 0.3) is 11.5 Å². The van der Waals surface area contributed by atoms with Crippen LogP contribution < -0.4 is 16.6 Å². The molecule has 0 atom stereocenters. The number of benzene rings is 1. The van der Waals surface area contributed by atoms with Crippen LogP contribution in [-0.2, 0) is 9.53 Å². The van der Waals surface area contributed by atoms with Crippen LogP contribution >= 0.6 is 11.8 Å². The lowest BCUT2D eigenvalue weighted by Crippen LogP contribution is -2.23. The number of carbonyl (C=O) groups is 2. The van der Waals surface area contributed by atoms with Crippen LogP contribution in [0.1, 0.15) is 17.3 Å². The van der Waals surface area contributed by atoms with E-state index in [-0.39, 0.29) is 34.6 Å². The van der Waals surface area contributed by atoms with Gasteiger partial charge in [-0.1, -0.05) is 23.9 Å². The van der Waals surface area contributed by atoms with Crippen LogP contribution in [0, 0.1) is 5.82 Å². The number of nitrogens with one attached hydrogen (secondary N) is 2. The summed E-state index contributed by atoms with van der Waals surface area (Å²) in [5.74, 6) is -2.34. The molecule has 10 heteroatoms. The Morgan fingerprint density at radius 1 is 1.40 bits per heavy atom. The lowest BCUT2D eigenvalue weighted by molar-refractivity contribution is -0.139. The molecular formula is C15H15FN4O4S. The van der Waals surface area contributed by atoms with Crippen LogP contribution in [0.2, 0.25) is 0 Å². The molecular weight excluding hydrogens is 351 g/mol. The monoisotopic (exact) mass is 366 g/mol. The number of H-pyrrole nitrogens is 1. The number of carbonyl (C=O) groups excluding carboxylic acids is 2. The SMILES string of the molecule is CCOC(=O)CSc1nc(N)c(NC(=O)c2ccccc2F)c(=O)[nH]1. The van der Waals surface area contributed by atoms with Crippen molar-refractivity contribution in [3.8, 4) is 0 Å². The van der Waals surface area contributed by atoms with Crippen LogP contribution in [-0.4, -0.2) is 34.2 Å². The van der Waals surface area contributed by atoms with E-state index in [1.54, 1.807) is 6.92 Å². The van der Waals surface area contributed by atoms with Crippen molar-refractivity contribution in [2.75, 3.05) is 23.4 Å². The van der Waals surface area contributed by atoms with Crippen LogP contribution in [0.5, 0.6) is 0 Å². The van der Waals surface area contributed by atoms with Gasteiger partial charge in [-0.2, -0.15) is 0 Å². The average molecular weight is 366 g/mol. The van der Waals surface area contributed by atoms with Crippen molar-refractivity contribution in [3.63, 3.8) is 0 Å². The number of thioether (sulfide) groups is 1. The maximum atomic E-state index is 13.6.